The van der Waals surface area contributed by atoms with Gasteiger partial charge in [-0.2, -0.15) is 0 Å². The molecule has 4 nitrogen and oxygen atoms in total. The number of carboxylic acid groups (broad SMARTS) is 1. The standard InChI is InChI=1S/C17H20O4/c1-20-15-9-8-12(11-16(15)21-2)10-14(17(18)19)13-6-4-3-5-7-13/h6,8-11H,3-5,7H2,1-2H3,(H,18,19)/b14-10-. The van der Waals surface area contributed by atoms with Crippen molar-refractivity contribution in [3.05, 3.63) is 41.0 Å². The van der Waals surface area contributed by atoms with Crippen LogP contribution < -0.4 is 9.47 Å². The van der Waals surface area contributed by atoms with E-state index in [4.69, 9.17) is 9.47 Å². The molecule has 112 valence electrons. The third kappa shape index (κ3) is 3.66. The molecule has 0 aliphatic heterocycles. The van der Waals surface area contributed by atoms with Gasteiger partial charge in [-0.15, -0.1) is 0 Å². The summed E-state index contributed by atoms with van der Waals surface area (Å²) in [6.45, 7) is 0. The first kappa shape index (κ1) is 15.2. The van der Waals surface area contributed by atoms with Crippen LogP contribution in [0.4, 0.5) is 0 Å². The van der Waals surface area contributed by atoms with Gasteiger partial charge in [0, 0.05) is 0 Å². The highest BCUT2D eigenvalue weighted by Crippen LogP contribution is 2.30. The van der Waals surface area contributed by atoms with Crippen molar-refractivity contribution >= 4 is 12.0 Å². The van der Waals surface area contributed by atoms with Crippen molar-refractivity contribution < 1.29 is 19.4 Å². The topological polar surface area (TPSA) is 55.8 Å². The van der Waals surface area contributed by atoms with Crippen molar-refractivity contribution in [2.24, 2.45) is 0 Å². The molecule has 0 radical (unpaired) electrons. The van der Waals surface area contributed by atoms with Crippen molar-refractivity contribution in [2.45, 2.75) is 25.7 Å². The zero-order valence-electron chi connectivity index (χ0n) is 12.4. The summed E-state index contributed by atoms with van der Waals surface area (Å²) < 4.78 is 10.4. The zero-order chi connectivity index (χ0) is 15.2. The molecule has 0 bridgehead atoms. The molecule has 1 aromatic carbocycles. The molecule has 0 amide bonds. The Balaban J connectivity index is 2.38. The molecule has 0 saturated heterocycles. The molecule has 0 unspecified atom stereocenters. The fourth-order valence-electron chi connectivity index (χ4n) is 2.48. The first-order valence-electron chi connectivity index (χ1n) is 7.02. The van der Waals surface area contributed by atoms with Crippen molar-refractivity contribution in [3.63, 3.8) is 0 Å². The maximum atomic E-state index is 11.5. The Morgan fingerprint density at radius 2 is 1.95 bits per heavy atom. The molecule has 1 aliphatic carbocycles. The van der Waals surface area contributed by atoms with Crippen LogP contribution in [0.2, 0.25) is 0 Å². The van der Waals surface area contributed by atoms with Gasteiger partial charge in [-0.25, -0.2) is 4.79 Å². The van der Waals surface area contributed by atoms with Gasteiger partial charge < -0.3 is 14.6 Å². The minimum Gasteiger partial charge on any atom is -0.493 e. The van der Waals surface area contributed by atoms with Crippen LogP contribution in [0.25, 0.3) is 6.08 Å². The Morgan fingerprint density at radius 1 is 1.19 bits per heavy atom. The van der Waals surface area contributed by atoms with Crippen molar-refractivity contribution in [3.8, 4) is 11.5 Å². The summed E-state index contributed by atoms with van der Waals surface area (Å²) >= 11 is 0. The van der Waals surface area contributed by atoms with E-state index in [1.54, 1.807) is 32.4 Å². The van der Waals surface area contributed by atoms with Crippen molar-refractivity contribution in [2.75, 3.05) is 14.2 Å². The normalized spacial score (nSPS) is 15.3. The Hall–Kier alpha value is -2.23. The van der Waals surface area contributed by atoms with E-state index in [1.807, 2.05) is 12.1 Å². The monoisotopic (exact) mass is 288 g/mol. The van der Waals surface area contributed by atoms with Crippen LogP contribution >= 0.6 is 0 Å². The summed E-state index contributed by atoms with van der Waals surface area (Å²) in [6.07, 6.45) is 7.68. The van der Waals surface area contributed by atoms with E-state index in [9.17, 15) is 9.90 Å². The number of hydrogen-bond acceptors (Lipinski definition) is 3. The predicted octanol–water partition coefficient (Wildman–Crippen LogP) is 3.67. The largest absolute Gasteiger partial charge is 0.493 e. The first-order chi connectivity index (χ1) is 10.2. The summed E-state index contributed by atoms with van der Waals surface area (Å²) in [7, 11) is 3.13. The van der Waals surface area contributed by atoms with Gasteiger partial charge >= 0.3 is 5.97 Å². The molecule has 0 aromatic heterocycles. The highest BCUT2D eigenvalue weighted by Gasteiger charge is 2.15. The van der Waals surface area contributed by atoms with Gasteiger partial charge in [-0.3, -0.25) is 0 Å². The second-order valence-corrected chi connectivity index (χ2v) is 4.95. The lowest BCUT2D eigenvalue weighted by atomic mass is 9.92. The van der Waals surface area contributed by atoms with Gasteiger partial charge in [0.25, 0.3) is 0 Å². The number of aliphatic carboxylic acids is 1. The molecule has 4 heteroatoms. The van der Waals surface area contributed by atoms with Crippen molar-refractivity contribution in [1.29, 1.82) is 0 Å². The van der Waals surface area contributed by atoms with Crippen molar-refractivity contribution in [1.82, 2.24) is 0 Å². The van der Waals surface area contributed by atoms with Gasteiger partial charge in [-0.05, 0) is 55.0 Å². The number of methoxy groups -OCH3 is 2. The number of hydrogen-bond donors (Lipinski definition) is 1. The fourth-order valence-corrected chi connectivity index (χ4v) is 2.48. The SMILES string of the molecule is COc1ccc(/C=C(\C(=O)O)C2=CCCCC2)cc1OC. The lowest BCUT2D eigenvalue weighted by Crippen LogP contribution is -2.06. The van der Waals surface area contributed by atoms with Gasteiger partial charge in [-0.1, -0.05) is 12.1 Å². The highest BCUT2D eigenvalue weighted by atomic mass is 16.5. The molecule has 1 aromatic rings. The predicted molar refractivity (Wildman–Crippen MR) is 81.7 cm³/mol. The summed E-state index contributed by atoms with van der Waals surface area (Å²) in [5.74, 6) is 0.329. The summed E-state index contributed by atoms with van der Waals surface area (Å²) in [4.78, 5) is 11.5. The quantitative estimate of drug-likeness (QED) is 0.840. The Kier molecular flexibility index (Phi) is 5.04. The molecule has 0 fully saturated rings. The number of carbonyl (C=O) groups is 1. The summed E-state index contributed by atoms with van der Waals surface area (Å²) in [6, 6.07) is 5.39. The Morgan fingerprint density at radius 3 is 2.52 bits per heavy atom. The van der Waals surface area contributed by atoms with E-state index >= 15 is 0 Å². The van der Waals surface area contributed by atoms with Gasteiger partial charge in [0.2, 0.25) is 0 Å². The van der Waals surface area contributed by atoms with E-state index in [0.717, 1.165) is 36.8 Å². The number of allylic oxidation sites excluding steroid dienone is 1. The molecule has 0 saturated carbocycles. The third-order valence-electron chi connectivity index (χ3n) is 3.59. The van der Waals surface area contributed by atoms with Gasteiger partial charge in [0.05, 0.1) is 19.8 Å². The van der Waals surface area contributed by atoms with E-state index in [0.29, 0.717) is 17.1 Å². The van der Waals surface area contributed by atoms with Gasteiger partial charge in [0.15, 0.2) is 11.5 Å². The second kappa shape index (κ2) is 6.97. The minimum atomic E-state index is -0.891. The zero-order valence-corrected chi connectivity index (χ0v) is 12.4. The lowest BCUT2D eigenvalue weighted by Gasteiger charge is -2.14. The molecule has 2 rings (SSSR count). The van der Waals surface area contributed by atoms with E-state index < -0.39 is 5.97 Å². The molecule has 0 atom stereocenters. The smallest absolute Gasteiger partial charge is 0.335 e. The van der Waals surface area contributed by atoms with Crippen LogP contribution in [0, 0.1) is 0 Å². The number of rotatable bonds is 5. The first-order valence-corrected chi connectivity index (χ1v) is 7.02. The average Bonchev–Trinajstić information content (AvgIpc) is 2.52. The average molecular weight is 288 g/mol. The minimum absolute atomic E-state index is 0.363. The Labute approximate surface area is 124 Å². The second-order valence-electron chi connectivity index (χ2n) is 4.95. The molecular weight excluding hydrogens is 268 g/mol. The lowest BCUT2D eigenvalue weighted by molar-refractivity contribution is -0.132. The van der Waals surface area contributed by atoms with E-state index in [1.165, 1.54) is 0 Å². The molecular formula is C17H20O4. The van der Waals surface area contributed by atoms with Crippen LogP contribution in [0.3, 0.4) is 0 Å². The molecule has 1 aliphatic rings. The molecule has 0 spiro atoms. The van der Waals surface area contributed by atoms with E-state index in [-0.39, 0.29) is 0 Å². The number of benzene rings is 1. The molecule has 1 N–H and O–H groups in total. The Bertz CT molecular complexity index is 584. The van der Waals surface area contributed by atoms with E-state index in [2.05, 4.69) is 0 Å². The maximum absolute atomic E-state index is 11.5. The van der Waals surface area contributed by atoms with Crippen LogP contribution in [0.1, 0.15) is 31.2 Å². The van der Waals surface area contributed by atoms with Gasteiger partial charge in [0.1, 0.15) is 0 Å². The number of ether oxygens (including phenoxy) is 2. The highest BCUT2D eigenvalue weighted by molar-refractivity contribution is 5.97. The van der Waals surface area contributed by atoms with Crippen LogP contribution in [0.15, 0.2) is 35.4 Å². The fraction of sp³-hybridized carbons (Fsp3) is 0.353. The van der Waals surface area contributed by atoms with Crippen LogP contribution in [-0.4, -0.2) is 25.3 Å². The van der Waals surface area contributed by atoms with Crippen LogP contribution in [-0.2, 0) is 4.79 Å². The van der Waals surface area contributed by atoms with Crippen LogP contribution in [0.5, 0.6) is 11.5 Å². The molecule has 0 heterocycles. The summed E-state index contributed by atoms with van der Waals surface area (Å²) in [5, 5.41) is 9.45. The third-order valence-corrected chi connectivity index (χ3v) is 3.59. The number of carboxylic acids is 1. The molecule has 21 heavy (non-hydrogen) atoms. The summed E-state index contributed by atoms with van der Waals surface area (Å²) in [5.41, 5.74) is 2.07. The maximum Gasteiger partial charge on any atom is 0.335 e.